The molecule has 5 heteroatoms. The van der Waals surface area contributed by atoms with Gasteiger partial charge in [0.2, 0.25) is 0 Å². The fourth-order valence-corrected chi connectivity index (χ4v) is 5.84. The lowest BCUT2D eigenvalue weighted by molar-refractivity contribution is -0.108. The fourth-order valence-electron chi connectivity index (χ4n) is 5.45. The number of allylic oxidation sites excluding steroid dienone is 1. The number of halogens is 2. The smallest absolute Gasteiger partial charge is 0.123 e. The Morgan fingerprint density at radius 1 is 0.971 bits per heavy atom. The maximum Gasteiger partial charge on any atom is 0.123 e. The van der Waals surface area contributed by atoms with Crippen molar-refractivity contribution >= 4 is 40.6 Å². The third-order valence-corrected chi connectivity index (χ3v) is 8.05. The summed E-state index contributed by atoms with van der Waals surface area (Å²) in [5.41, 5.74) is 15.7. The van der Waals surface area contributed by atoms with E-state index in [0.717, 1.165) is 60.9 Å². The number of nitrogens with one attached hydrogen (secondary N) is 1. The molecule has 2 fully saturated rings. The minimum atomic E-state index is 0.454. The van der Waals surface area contributed by atoms with Gasteiger partial charge < -0.3 is 15.8 Å². The quantitative estimate of drug-likeness (QED) is 0.454. The molecule has 2 aromatic rings. The average molecular weight is 510 g/mol. The van der Waals surface area contributed by atoms with Gasteiger partial charge in [0.1, 0.15) is 6.29 Å². The highest BCUT2D eigenvalue weighted by molar-refractivity contribution is 6.31. The van der Waals surface area contributed by atoms with Crippen LogP contribution in [-0.4, -0.2) is 25.4 Å². The van der Waals surface area contributed by atoms with E-state index in [1.807, 2.05) is 18.2 Å². The van der Waals surface area contributed by atoms with Gasteiger partial charge in [-0.3, -0.25) is 0 Å². The molecule has 5 aliphatic rings. The Kier molecular flexibility index (Phi) is 7.79. The lowest BCUT2D eigenvalue weighted by Crippen LogP contribution is -2.37. The summed E-state index contributed by atoms with van der Waals surface area (Å²) in [6.07, 6.45) is 12.7. The van der Waals surface area contributed by atoms with Crippen molar-refractivity contribution < 1.29 is 4.79 Å². The molecule has 0 bridgehead atoms. The second-order valence-electron chi connectivity index (χ2n) is 10.2. The Morgan fingerprint density at radius 3 is 2.31 bits per heavy atom. The Hall–Kier alpha value is -1.91. The van der Waals surface area contributed by atoms with Crippen LogP contribution in [0, 0.1) is 11.8 Å². The summed E-state index contributed by atoms with van der Waals surface area (Å²) >= 11 is 12.0. The van der Waals surface area contributed by atoms with Crippen molar-refractivity contribution in [1.29, 1.82) is 0 Å². The Bertz CT molecular complexity index is 1160. The van der Waals surface area contributed by atoms with E-state index in [1.165, 1.54) is 47.1 Å². The molecule has 2 saturated carbocycles. The van der Waals surface area contributed by atoms with Gasteiger partial charge in [0.15, 0.2) is 0 Å². The van der Waals surface area contributed by atoms with Crippen LogP contribution < -0.4 is 11.1 Å². The van der Waals surface area contributed by atoms with Crippen LogP contribution in [0.2, 0.25) is 10.0 Å². The summed E-state index contributed by atoms with van der Waals surface area (Å²) in [5, 5.41) is 5.41. The molecule has 7 rings (SSSR count). The summed E-state index contributed by atoms with van der Waals surface area (Å²) in [7, 11) is 0. The van der Waals surface area contributed by atoms with Crippen molar-refractivity contribution in [2.45, 2.75) is 57.4 Å². The summed E-state index contributed by atoms with van der Waals surface area (Å²) in [5.74, 6) is 1.36. The highest BCUT2D eigenvalue weighted by Crippen LogP contribution is 2.45. The molecule has 35 heavy (non-hydrogen) atoms. The number of hydrogen-bond donors (Lipinski definition) is 2. The summed E-state index contributed by atoms with van der Waals surface area (Å²) in [4.78, 5) is 9.57. The second kappa shape index (κ2) is 11.0. The summed E-state index contributed by atoms with van der Waals surface area (Å²) < 4.78 is 0. The van der Waals surface area contributed by atoms with E-state index in [1.54, 1.807) is 11.1 Å². The van der Waals surface area contributed by atoms with Crippen molar-refractivity contribution in [3.63, 3.8) is 0 Å². The Balaban J connectivity index is 0.000000124. The number of carbonyl (C=O) groups is 1. The van der Waals surface area contributed by atoms with Gasteiger partial charge in [0.05, 0.1) is 0 Å². The monoisotopic (exact) mass is 508 g/mol. The van der Waals surface area contributed by atoms with Gasteiger partial charge in [-0.2, -0.15) is 0 Å². The first-order valence-electron chi connectivity index (χ1n) is 12.9. The third kappa shape index (κ3) is 5.91. The SMILES string of the molecule is Clc1ccc2c(c1)CC1=C2CCNC1C1CC1.NCCC1=CCc2cc(Cl)ccc21.O=CC1CC1. The number of carbonyl (C=O) groups excluding carboxylic acids is 1. The van der Waals surface area contributed by atoms with E-state index in [9.17, 15) is 4.79 Å². The van der Waals surface area contributed by atoms with E-state index in [4.69, 9.17) is 28.9 Å². The van der Waals surface area contributed by atoms with Crippen molar-refractivity contribution in [2.24, 2.45) is 17.6 Å². The number of rotatable bonds is 4. The van der Waals surface area contributed by atoms with E-state index in [0.29, 0.717) is 18.5 Å². The minimum absolute atomic E-state index is 0.454. The molecular weight excluding hydrogens is 475 g/mol. The van der Waals surface area contributed by atoms with Gasteiger partial charge in [0.25, 0.3) is 0 Å². The number of aldehydes is 1. The molecule has 3 N–H and O–H groups in total. The van der Waals surface area contributed by atoms with Crippen molar-refractivity contribution in [3.8, 4) is 0 Å². The number of hydrogen-bond acceptors (Lipinski definition) is 3. The van der Waals surface area contributed by atoms with E-state index in [-0.39, 0.29) is 0 Å². The van der Waals surface area contributed by atoms with E-state index < -0.39 is 0 Å². The van der Waals surface area contributed by atoms with Gasteiger partial charge in [-0.25, -0.2) is 0 Å². The normalized spacial score (nSPS) is 21.6. The van der Waals surface area contributed by atoms with Crippen LogP contribution >= 0.6 is 23.2 Å². The molecule has 1 heterocycles. The first-order valence-corrected chi connectivity index (χ1v) is 13.7. The summed E-state index contributed by atoms with van der Waals surface area (Å²) in [6.45, 7) is 1.86. The molecule has 2 aromatic carbocycles. The predicted octanol–water partition coefficient (Wildman–Crippen LogP) is 6.65. The van der Waals surface area contributed by atoms with Gasteiger partial charge >= 0.3 is 0 Å². The highest BCUT2D eigenvalue weighted by Gasteiger charge is 2.38. The lowest BCUT2D eigenvalue weighted by Gasteiger charge is -2.26. The molecule has 1 atom stereocenters. The van der Waals surface area contributed by atoms with E-state index >= 15 is 0 Å². The standard InChI is InChI=1S/C15H16ClN.C11H12ClN.C4H6O/c16-11-3-4-12-10(7-11)8-14-13(12)5-6-17-15(14)9-1-2-9;12-10-3-4-11-8(5-6-13)1-2-9(11)7-10;5-3-4-1-2-4/h3-4,7,9,15,17H,1-2,5-6,8H2;1,3-4,7H,2,5-6,13H2;3-4H,1-2H2. The van der Waals surface area contributed by atoms with Gasteiger partial charge in [-0.15, -0.1) is 0 Å². The average Bonchev–Trinajstić information content (AvgIpc) is 3.79. The maximum absolute atomic E-state index is 9.57. The molecule has 0 aromatic heterocycles. The minimum Gasteiger partial charge on any atom is -0.330 e. The van der Waals surface area contributed by atoms with E-state index in [2.05, 4.69) is 29.6 Å². The third-order valence-electron chi connectivity index (χ3n) is 7.58. The Labute approximate surface area is 218 Å². The maximum atomic E-state index is 9.57. The molecule has 0 saturated heterocycles. The van der Waals surface area contributed by atoms with Crippen LogP contribution in [0.15, 0.2) is 48.0 Å². The van der Waals surface area contributed by atoms with Gasteiger partial charge in [0, 0.05) is 22.0 Å². The van der Waals surface area contributed by atoms with Crippen LogP contribution in [0.4, 0.5) is 0 Å². The molecule has 184 valence electrons. The molecular formula is C30H34Cl2N2O. The zero-order chi connectivity index (χ0) is 24.4. The number of fused-ring (bicyclic) bond motifs is 3. The molecule has 3 nitrogen and oxygen atoms in total. The van der Waals surface area contributed by atoms with Crippen LogP contribution in [0.3, 0.4) is 0 Å². The predicted molar refractivity (Wildman–Crippen MR) is 147 cm³/mol. The Morgan fingerprint density at radius 2 is 1.69 bits per heavy atom. The highest BCUT2D eigenvalue weighted by atomic mass is 35.5. The van der Waals surface area contributed by atoms with Crippen molar-refractivity contribution in [3.05, 3.63) is 80.3 Å². The van der Waals surface area contributed by atoms with Gasteiger partial charge in [-0.1, -0.05) is 41.4 Å². The van der Waals surface area contributed by atoms with Crippen molar-refractivity contribution in [2.75, 3.05) is 13.1 Å². The number of benzene rings is 2. The van der Waals surface area contributed by atoms with Crippen LogP contribution in [0.1, 0.15) is 60.8 Å². The molecule has 4 aliphatic carbocycles. The van der Waals surface area contributed by atoms with Crippen LogP contribution in [0.5, 0.6) is 0 Å². The molecule has 0 radical (unpaired) electrons. The fraction of sp³-hybridized carbons (Fsp3) is 0.433. The second-order valence-corrected chi connectivity index (χ2v) is 11.1. The van der Waals surface area contributed by atoms with Crippen molar-refractivity contribution in [1.82, 2.24) is 5.32 Å². The van der Waals surface area contributed by atoms with Gasteiger partial charge in [-0.05, 0) is 134 Å². The molecule has 0 amide bonds. The first-order chi connectivity index (χ1) is 17.1. The summed E-state index contributed by atoms with van der Waals surface area (Å²) in [6, 6.07) is 13.1. The van der Waals surface area contributed by atoms with Crippen LogP contribution in [0.25, 0.3) is 11.1 Å². The zero-order valence-corrected chi connectivity index (χ0v) is 21.7. The first kappa shape index (κ1) is 24.8. The zero-order valence-electron chi connectivity index (χ0n) is 20.2. The molecule has 1 aliphatic heterocycles. The largest absolute Gasteiger partial charge is 0.330 e. The lowest BCUT2D eigenvalue weighted by atomic mass is 9.92. The topological polar surface area (TPSA) is 55.1 Å². The molecule has 0 spiro atoms. The number of nitrogens with two attached hydrogens (primary N) is 1. The van der Waals surface area contributed by atoms with Crippen LogP contribution in [-0.2, 0) is 17.6 Å². The molecule has 1 unspecified atom stereocenters.